The van der Waals surface area contributed by atoms with Crippen molar-refractivity contribution in [1.82, 2.24) is 0 Å². The molecular weight excluding hydrogens is 401 g/mol. The van der Waals surface area contributed by atoms with Gasteiger partial charge in [-0.15, -0.1) is 0 Å². The van der Waals surface area contributed by atoms with Crippen LogP contribution >= 0.6 is 7.82 Å². The molecule has 3 N–H and O–H groups in total. The highest BCUT2D eigenvalue weighted by atomic mass is 31.2. The van der Waals surface area contributed by atoms with Crippen molar-refractivity contribution in [2.45, 2.75) is 103 Å². The Balaban J connectivity index is 1.98. The number of rotatable bonds is 11. The summed E-state index contributed by atoms with van der Waals surface area (Å²) in [5, 5.41) is 0. The Bertz CT molecular complexity index is 562. The molecule has 9 nitrogen and oxygen atoms in total. The highest BCUT2D eigenvalue weighted by molar-refractivity contribution is 7.47. The molecule has 0 saturated carbocycles. The predicted molar refractivity (Wildman–Crippen MR) is 108 cm³/mol. The summed E-state index contributed by atoms with van der Waals surface area (Å²) in [6.07, 6.45) is -0.408. The number of phosphoric ester groups is 1. The highest BCUT2D eigenvalue weighted by Gasteiger charge is 2.51. The fraction of sp³-hybridized carbons (Fsp3) is 1.00. The molecule has 2 aliphatic rings. The van der Waals surface area contributed by atoms with E-state index in [4.69, 9.17) is 33.7 Å². The van der Waals surface area contributed by atoms with Gasteiger partial charge in [0.1, 0.15) is 17.8 Å². The van der Waals surface area contributed by atoms with Crippen molar-refractivity contribution >= 4 is 7.82 Å². The van der Waals surface area contributed by atoms with E-state index < -0.39 is 25.6 Å². The first kappa shape index (κ1) is 25.2. The van der Waals surface area contributed by atoms with Crippen molar-refractivity contribution < 1.29 is 37.5 Å². The van der Waals surface area contributed by atoms with E-state index in [0.717, 1.165) is 0 Å². The van der Waals surface area contributed by atoms with Crippen LogP contribution in [0.5, 0.6) is 0 Å². The lowest BCUT2D eigenvalue weighted by atomic mass is 9.97. The summed E-state index contributed by atoms with van der Waals surface area (Å²) < 4.78 is 46.7. The van der Waals surface area contributed by atoms with Crippen LogP contribution in [-0.4, -0.2) is 73.0 Å². The second-order valence-electron chi connectivity index (χ2n) is 8.60. The van der Waals surface area contributed by atoms with Crippen LogP contribution in [0.2, 0.25) is 0 Å². The Morgan fingerprint density at radius 1 is 1.17 bits per heavy atom. The summed E-state index contributed by atoms with van der Waals surface area (Å²) in [4.78, 5) is 10.3. The predicted octanol–water partition coefficient (Wildman–Crippen LogP) is 2.39. The molecule has 172 valence electrons. The summed E-state index contributed by atoms with van der Waals surface area (Å²) in [5.41, 5.74) is 4.95. The molecular formula is C19H38NO8P. The van der Waals surface area contributed by atoms with Gasteiger partial charge in [-0.3, -0.25) is 9.05 Å². The normalized spacial score (nSPS) is 37.5. The van der Waals surface area contributed by atoms with Crippen LogP contribution in [0.1, 0.15) is 54.4 Å². The Hall–Kier alpha value is -0.0900. The molecule has 2 unspecified atom stereocenters. The second-order valence-corrected chi connectivity index (χ2v) is 10.0. The van der Waals surface area contributed by atoms with Crippen LogP contribution < -0.4 is 5.73 Å². The van der Waals surface area contributed by atoms with Crippen molar-refractivity contribution in [1.29, 1.82) is 0 Å². The van der Waals surface area contributed by atoms with Gasteiger partial charge in [0.25, 0.3) is 0 Å². The summed E-state index contributed by atoms with van der Waals surface area (Å²) >= 11 is 0. The molecule has 2 rings (SSSR count). The minimum atomic E-state index is -4.37. The average molecular weight is 439 g/mol. The zero-order valence-electron chi connectivity index (χ0n) is 18.4. The number of ether oxygens (including phenoxy) is 4. The molecule has 7 atom stereocenters. The SMILES string of the molecule is CC(C)OC[C@@]1(CN)O[C@@H](C)C[C@H]1OP(=O)(O)OC[C@H]1O[C@@H](C)CC1OC(C)C. The molecule has 2 aliphatic heterocycles. The van der Waals surface area contributed by atoms with Crippen LogP contribution in [0.15, 0.2) is 0 Å². The molecule has 29 heavy (non-hydrogen) atoms. The maximum atomic E-state index is 12.7. The first-order valence-corrected chi connectivity index (χ1v) is 11.9. The molecule has 0 amide bonds. The van der Waals surface area contributed by atoms with Crippen LogP contribution in [0, 0.1) is 0 Å². The number of hydrogen-bond donors (Lipinski definition) is 2. The fourth-order valence-electron chi connectivity index (χ4n) is 3.77. The van der Waals surface area contributed by atoms with Crippen molar-refractivity contribution in [2.75, 3.05) is 19.8 Å². The van der Waals surface area contributed by atoms with Crippen molar-refractivity contribution in [3.05, 3.63) is 0 Å². The van der Waals surface area contributed by atoms with E-state index in [1.165, 1.54) is 0 Å². The van der Waals surface area contributed by atoms with E-state index in [1.807, 2.05) is 41.5 Å². The minimum absolute atomic E-state index is 0.00602. The van der Waals surface area contributed by atoms with E-state index in [0.29, 0.717) is 12.8 Å². The number of nitrogens with two attached hydrogens (primary N) is 1. The Morgan fingerprint density at radius 3 is 2.45 bits per heavy atom. The summed E-state index contributed by atoms with van der Waals surface area (Å²) in [6, 6.07) is 0. The molecule has 2 saturated heterocycles. The van der Waals surface area contributed by atoms with Gasteiger partial charge in [0.2, 0.25) is 0 Å². The molecule has 0 spiro atoms. The van der Waals surface area contributed by atoms with Gasteiger partial charge in [-0.05, 0) is 41.5 Å². The van der Waals surface area contributed by atoms with Crippen LogP contribution in [0.3, 0.4) is 0 Å². The lowest BCUT2D eigenvalue weighted by Gasteiger charge is -2.34. The van der Waals surface area contributed by atoms with E-state index in [1.54, 1.807) is 0 Å². The summed E-state index contributed by atoms with van der Waals surface area (Å²) in [6.45, 7) is 11.7. The van der Waals surface area contributed by atoms with Crippen LogP contribution in [0.25, 0.3) is 0 Å². The number of phosphoric acid groups is 1. The maximum Gasteiger partial charge on any atom is 0.472 e. The van der Waals surface area contributed by atoms with Crippen molar-refractivity contribution in [3.8, 4) is 0 Å². The van der Waals surface area contributed by atoms with Gasteiger partial charge in [0.15, 0.2) is 0 Å². The van der Waals surface area contributed by atoms with E-state index >= 15 is 0 Å². The van der Waals surface area contributed by atoms with Crippen LogP contribution in [-0.2, 0) is 32.6 Å². The van der Waals surface area contributed by atoms with E-state index in [2.05, 4.69) is 0 Å². The highest BCUT2D eigenvalue weighted by Crippen LogP contribution is 2.50. The third-order valence-corrected chi connectivity index (χ3v) is 6.07. The quantitative estimate of drug-likeness (QED) is 0.468. The first-order chi connectivity index (χ1) is 13.5. The van der Waals surface area contributed by atoms with Gasteiger partial charge >= 0.3 is 7.82 Å². The van der Waals surface area contributed by atoms with Gasteiger partial charge in [-0.2, -0.15) is 0 Å². The smallest absolute Gasteiger partial charge is 0.376 e. The molecule has 0 bridgehead atoms. The van der Waals surface area contributed by atoms with Crippen molar-refractivity contribution in [2.24, 2.45) is 5.73 Å². The van der Waals surface area contributed by atoms with Crippen molar-refractivity contribution in [3.63, 3.8) is 0 Å². The van der Waals surface area contributed by atoms with E-state index in [9.17, 15) is 9.46 Å². The van der Waals surface area contributed by atoms with Gasteiger partial charge in [0.05, 0.1) is 43.7 Å². The van der Waals surface area contributed by atoms with Gasteiger partial charge in [-0.1, -0.05) is 0 Å². The van der Waals surface area contributed by atoms with Gasteiger partial charge in [0, 0.05) is 19.4 Å². The Labute approximate surface area is 174 Å². The topological polar surface area (TPSA) is 119 Å². The molecule has 0 aliphatic carbocycles. The zero-order chi connectivity index (χ0) is 21.8. The summed E-state index contributed by atoms with van der Waals surface area (Å²) in [7, 11) is -4.37. The lowest BCUT2D eigenvalue weighted by molar-refractivity contribution is -0.126. The molecule has 0 aromatic carbocycles. The fourth-order valence-corrected chi connectivity index (χ4v) is 4.77. The van der Waals surface area contributed by atoms with Crippen LogP contribution in [0.4, 0.5) is 0 Å². The lowest BCUT2D eigenvalue weighted by Crippen LogP contribution is -2.51. The summed E-state index contributed by atoms with van der Waals surface area (Å²) in [5.74, 6) is 0. The second kappa shape index (κ2) is 10.5. The standard InChI is InChI=1S/C19H38NO8P/c1-12(2)23-11-19(10-20)18(8-15(6)27-19)28-29(21,22)24-9-17-16(25-13(3)4)7-14(5)26-17/h12-18H,7-11,20H2,1-6H3,(H,21,22)/t14-,15-,16?,17+,18+,19+/m0/s1. The zero-order valence-corrected chi connectivity index (χ0v) is 19.3. The molecule has 10 heteroatoms. The number of hydrogen-bond acceptors (Lipinski definition) is 8. The first-order valence-electron chi connectivity index (χ1n) is 10.4. The monoisotopic (exact) mass is 439 g/mol. The molecule has 0 aromatic heterocycles. The Kier molecular flexibility index (Phi) is 9.10. The minimum Gasteiger partial charge on any atom is -0.376 e. The molecule has 2 heterocycles. The maximum absolute atomic E-state index is 12.7. The van der Waals surface area contributed by atoms with Gasteiger partial charge in [-0.25, -0.2) is 4.57 Å². The Morgan fingerprint density at radius 2 is 1.86 bits per heavy atom. The van der Waals surface area contributed by atoms with Gasteiger partial charge < -0.3 is 29.6 Å². The molecule has 0 radical (unpaired) electrons. The molecule has 2 fully saturated rings. The molecule has 0 aromatic rings. The third-order valence-electron chi connectivity index (χ3n) is 5.07. The largest absolute Gasteiger partial charge is 0.472 e. The third kappa shape index (κ3) is 7.23. The average Bonchev–Trinajstić information content (AvgIpc) is 3.09. The van der Waals surface area contributed by atoms with E-state index in [-0.39, 0.29) is 50.3 Å².